The SMILES string of the molecule is CC1=CC(C(N)=O)=C(F)CC1. The number of rotatable bonds is 1. The Morgan fingerprint density at radius 3 is 2.73 bits per heavy atom. The van der Waals surface area contributed by atoms with E-state index in [2.05, 4.69) is 0 Å². The summed E-state index contributed by atoms with van der Waals surface area (Å²) in [4.78, 5) is 10.6. The maximum absolute atomic E-state index is 12.8. The molecule has 0 atom stereocenters. The third-order valence-electron chi connectivity index (χ3n) is 1.69. The number of allylic oxidation sites excluding steroid dienone is 2. The summed E-state index contributed by atoms with van der Waals surface area (Å²) in [7, 11) is 0. The molecule has 0 aromatic rings. The number of carbonyl (C=O) groups is 1. The maximum Gasteiger partial charge on any atom is 0.251 e. The molecule has 0 fully saturated rings. The Hall–Kier alpha value is -1.12. The molecule has 1 rings (SSSR count). The van der Waals surface area contributed by atoms with Crippen molar-refractivity contribution in [3.8, 4) is 0 Å². The molecule has 11 heavy (non-hydrogen) atoms. The fourth-order valence-electron chi connectivity index (χ4n) is 1.04. The topological polar surface area (TPSA) is 43.1 Å². The Bertz CT molecular complexity index is 253. The van der Waals surface area contributed by atoms with E-state index in [1.165, 1.54) is 6.08 Å². The van der Waals surface area contributed by atoms with Crippen molar-refractivity contribution in [3.63, 3.8) is 0 Å². The number of amides is 1. The zero-order valence-corrected chi connectivity index (χ0v) is 6.36. The zero-order valence-electron chi connectivity index (χ0n) is 6.36. The standard InChI is InChI=1S/C8H10FNO/c1-5-2-3-7(9)6(4-5)8(10)11/h4H,2-3H2,1H3,(H2,10,11). The predicted octanol–water partition coefficient (Wildman–Crippen LogP) is 1.44. The number of nitrogens with two attached hydrogens (primary N) is 1. The van der Waals surface area contributed by atoms with Gasteiger partial charge >= 0.3 is 0 Å². The van der Waals surface area contributed by atoms with Crippen molar-refractivity contribution >= 4 is 5.91 Å². The molecule has 1 aliphatic carbocycles. The van der Waals surface area contributed by atoms with Gasteiger partial charge in [-0.1, -0.05) is 5.57 Å². The second-order valence-electron chi connectivity index (χ2n) is 2.67. The quantitative estimate of drug-likeness (QED) is 0.611. The lowest BCUT2D eigenvalue weighted by atomic mass is 9.99. The first kappa shape index (κ1) is 7.98. The van der Waals surface area contributed by atoms with Gasteiger partial charge in [0.25, 0.3) is 5.91 Å². The number of halogens is 1. The van der Waals surface area contributed by atoms with Gasteiger partial charge in [-0.2, -0.15) is 0 Å². The molecule has 0 saturated carbocycles. The summed E-state index contributed by atoms with van der Waals surface area (Å²) in [6.07, 6.45) is 2.50. The Morgan fingerprint density at radius 2 is 2.27 bits per heavy atom. The van der Waals surface area contributed by atoms with Gasteiger partial charge in [0, 0.05) is 6.42 Å². The van der Waals surface area contributed by atoms with Crippen molar-refractivity contribution in [2.24, 2.45) is 5.73 Å². The molecule has 0 aliphatic heterocycles. The molecule has 0 radical (unpaired) electrons. The molecule has 60 valence electrons. The van der Waals surface area contributed by atoms with Gasteiger partial charge in [0.1, 0.15) is 5.83 Å². The molecule has 3 heteroatoms. The lowest BCUT2D eigenvalue weighted by Crippen LogP contribution is -2.15. The van der Waals surface area contributed by atoms with Crippen LogP contribution in [0.15, 0.2) is 23.0 Å². The van der Waals surface area contributed by atoms with Crippen LogP contribution in [-0.4, -0.2) is 5.91 Å². The molecule has 0 aromatic heterocycles. The highest BCUT2D eigenvalue weighted by Gasteiger charge is 2.14. The molecule has 1 amide bonds. The first-order valence-electron chi connectivity index (χ1n) is 3.47. The molecular weight excluding hydrogens is 145 g/mol. The molecule has 0 aromatic carbocycles. The summed E-state index contributed by atoms with van der Waals surface area (Å²) in [5.41, 5.74) is 5.97. The molecule has 1 aliphatic rings. The van der Waals surface area contributed by atoms with Gasteiger partial charge in [0.05, 0.1) is 5.57 Å². The second-order valence-corrected chi connectivity index (χ2v) is 2.67. The number of hydrogen-bond donors (Lipinski definition) is 1. The summed E-state index contributed by atoms with van der Waals surface area (Å²) in [5.74, 6) is -1.07. The number of carbonyl (C=O) groups excluding carboxylic acids is 1. The van der Waals surface area contributed by atoms with Crippen LogP contribution in [0.1, 0.15) is 19.8 Å². The van der Waals surface area contributed by atoms with Crippen LogP contribution in [0, 0.1) is 0 Å². The van der Waals surface area contributed by atoms with Gasteiger partial charge in [-0.3, -0.25) is 4.79 Å². The van der Waals surface area contributed by atoms with E-state index < -0.39 is 5.91 Å². The highest BCUT2D eigenvalue weighted by Crippen LogP contribution is 2.23. The third-order valence-corrected chi connectivity index (χ3v) is 1.69. The van der Waals surface area contributed by atoms with E-state index in [0.717, 1.165) is 5.57 Å². The van der Waals surface area contributed by atoms with E-state index in [0.29, 0.717) is 12.8 Å². The zero-order chi connectivity index (χ0) is 8.43. The van der Waals surface area contributed by atoms with E-state index in [4.69, 9.17) is 5.73 Å². The summed E-state index contributed by atoms with van der Waals surface area (Å²) < 4.78 is 12.8. The van der Waals surface area contributed by atoms with E-state index >= 15 is 0 Å². The molecule has 0 saturated heterocycles. The number of primary amides is 1. The van der Waals surface area contributed by atoms with Crippen LogP contribution in [0.3, 0.4) is 0 Å². The van der Waals surface area contributed by atoms with E-state index in [1.54, 1.807) is 0 Å². The molecular formula is C8H10FNO. The molecule has 0 unspecified atom stereocenters. The van der Waals surface area contributed by atoms with Crippen LogP contribution in [-0.2, 0) is 4.79 Å². The monoisotopic (exact) mass is 155 g/mol. The van der Waals surface area contributed by atoms with Crippen LogP contribution in [0.25, 0.3) is 0 Å². The molecule has 2 N–H and O–H groups in total. The van der Waals surface area contributed by atoms with E-state index in [-0.39, 0.29) is 11.4 Å². The summed E-state index contributed by atoms with van der Waals surface area (Å²) in [6.45, 7) is 1.86. The van der Waals surface area contributed by atoms with Gasteiger partial charge in [-0.05, 0) is 19.4 Å². The van der Waals surface area contributed by atoms with Gasteiger partial charge in [-0.25, -0.2) is 4.39 Å². The lowest BCUT2D eigenvalue weighted by molar-refractivity contribution is -0.114. The normalized spacial score (nSPS) is 18.2. The largest absolute Gasteiger partial charge is 0.366 e. The van der Waals surface area contributed by atoms with Crippen molar-refractivity contribution in [2.75, 3.05) is 0 Å². The minimum absolute atomic E-state index is 0.0359. The van der Waals surface area contributed by atoms with Gasteiger partial charge in [-0.15, -0.1) is 0 Å². The van der Waals surface area contributed by atoms with Crippen molar-refractivity contribution in [3.05, 3.63) is 23.0 Å². The maximum atomic E-state index is 12.8. The Morgan fingerprint density at radius 1 is 1.64 bits per heavy atom. The van der Waals surface area contributed by atoms with Crippen LogP contribution in [0.4, 0.5) is 4.39 Å². The lowest BCUT2D eigenvalue weighted by Gasteiger charge is -2.09. The third kappa shape index (κ3) is 1.67. The minimum atomic E-state index is -0.679. The Kier molecular flexibility index (Phi) is 2.08. The van der Waals surface area contributed by atoms with Gasteiger partial charge in [0.15, 0.2) is 0 Å². The van der Waals surface area contributed by atoms with Crippen molar-refractivity contribution in [1.82, 2.24) is 0 Å². The average molecular weight is 155 g/mol. The Labute approximate surface area is 64.6 Å². The molecule has 2 nitrogen and oxygen atoms in total. The van der Waals surface area contributed by atoms with Crippen molar-refractivity contribution in [1.29, 1.82) is 0 Å². The summed E-state index contributed by atoms with van der Waals surface area (Å²) in [6, 6.07) is 0. The minimum Gasteiger partial charge on any atom is -0.366 e. The summed E-state index contributed by atoms with van der Waals surface area (Å²) in [5, 5.41) is 0. The van der Waals surface area contributed by atoms with Crippen LogP contribution < -0.4 is 5.73 Å². The Balaban J connectivity index is 2.98. The van der Waals surface area contributed by atoms with Crippen LogP contribution in [0.2, 0.25) is 0 Å². The highest BCUT2D eigenvalue weighted by atomic mass is 19.1. The predicted molar refractivity (Wildman–Crippen MR) is 40.3 cm³/mol. The fourth-order valence-corrected chi connectivity index (χ4v) is 1.04. The van der Waals surface area contributed by atoms with Gasteiger partial charge < -0.3 is 5.73 Å². The average Bonchev–Trinajstić information content (AvgIpc) is 1.94. The van der Waals surface area contributed by atoms with Crippen molar-refractivity contribution < 1.29 is 9.18 Å². The van der Waals surface area contributed by atoms with E-state index in [9.17, 15) is 9.18 Å². The van der Waals surface area contributed by atoms with Crippen LogP contribution in [0.5, 0.6) is 0 Å². The van der Waals surface area contributed by atoms with E-state index in [1.807, 2.05) is 6.92 Å². The molecule has 0 spiro atoms. The van der Waals surface area contributed by atoms with Crippen LogP contribution >= 0.6 is 0 Å². The van der Waals surface area contributed by atoms with Crippen molar-refractivity contribution in [2.45, 2.75) is 19.8 Å². The summed E-state index contributed by atoms with van der Waals surface area (Å²) >= 11 is 0. The smallest absolute Gasteiger partial charge is 0.251 e. The number of hydrogen-bond acceptors (Lipinski definition) is 1. The highest BCUT2D eigenvalue weighted by molar-refractivity contribution is 5.95. The molecule has 0 bridgehead atoms. The second kappa shape index (κ2) is 2.86. The molecule has 0 heterocycles. The fraction of sp³-hybridized carbons (Fsp3) is 0.375. The first-order chi connectivity index (χ1) is 5.11. The first-order valence-corrected chi connectivity index (χ1v) is 3.47. The van der Waals surface area contributed by atoms with Gasteiger partial charge in [0.2, 0.25) is 0 Å².